The van der Waals surface area contributed by atoms with Gasteiger partial charge in [-0.3, -0.25) is 4.79 Å². The minimum absolute atomic E-state index is 0.109. The number of amides is 1. The van der Waals surface area contributed by atoms with Gasteiger partial charge in [0.1, 0.15) is 5.75 Å². The van der Waals surface area contributed by atoms with Crippen LogP contribution in [0.15, 0.2) is 53.7 Å². The molecule has 0 saturated heterocycles. The molecule has 1 amide bonds. The molecule has 0 aliphatic rings. The number of nitrogens with zero attached hydrogens (tertiary/aromatic N) is 3. The zero-order valence-electron chi connectivity index (χ0n) is 16.0. The van der Waals surface area contributed by atoms with Crippen molar-refractivity contribution in [2.45, 2.75) is 24.3 Å². The van der Waals surface area contributed by atoms with Gasteiger partial charge >= 0.3 is 0 Å². The van der Waals surface area contributed by atoms with Gasteiger partial charge < -0.3 is 20.4 Å². The van der Waals surface area contributed by atoms with Crippen molar-refractivity contribution in [2.24, 2.45) is 7.05 Å². The number of nitrogens with one attached hydrogen (secondary N) is 1. The number of benzene rings is 2. The Morgan fingerprint density at radius 1 is 1.25 bits per heavy atom. The summed E-state index contributed by atoms with van der Waals surface area (Å²) in [6, 6.07) is 14.8. The van der Waals surface area contributed by atoms with Crippen LogP contribution < -0.4 is 15.8 Å². The van der Waals surface area contributed by atoms with Gasteiger partial charge in [-0.2, -0.15) is 0 Å². The summed E-state index contributed by atoms with van der Waals surface area (Å²) in [5.41, 5.74) is 8.12. The molecule has 0 saturated carbocycles. The van der Waals surface area contributed by atoms with E-state index in [-0.39, 0.29) is 11.2 Å². The highest BCUT2D eigenvalue weighted by Gasteiger charge is 2.19. The Morgan fingerprint density at radius 3 is 2.68 bits per heavy atom. The average molecular weight is 398 g/mol. The summed E-state index contributed by atoms with van der Waals surface area (Å²) in [7, 11) is 1.87. The Bertz CT molecular complexity index is 955. The number of carbonyl (C=O) groups excluding carboxylic acids is 1. The predicted molar refractivity (Wildman–Crippen MR) is 112 cm³/mol. The van der Waals surface area contributed by atoms with Crippen molar-refractivity contribution in [3.63, 3.8) is 0 Å². The SMILES string of the molecule is CCOc1ccc(NC(=O)[C@@H](C)Sc2nnc(-c3cccc(N)c3)n2C)cc1. The summed E-state index contributed by atoms with van der Waals surface area (Å²) in [5.74, 6) is 1.37. The quantitative estimate of drug-likeness (QED) is 0.467. The number of hydrogen-bond donors (Lipinski definition) is 2. The van der Waals surface area contributed by atoms with Crippen molar-refractivity contribution in [1.29, 1.82) is 0 Å². The molecule has 1 atom stereocenters. The third-order valence-electron chi connectivity index (χ3n) is 4.06. The fourth-order valence-corrected chi connectivity index (χ4v) is 3.42. The van der Waals surface area contributed by atoms with Crippen LogP contribution in [0.5, 0.6) is 5.75 Å². The zero-order chi connectivity index (χ0) is 20.1. The first-order chi connectivity index (χ1) is 13.5. The van der Waals surface area contributed by atoms with Crippen molar-refractivity contribution in [3.8, 4) is 17.1 Å². The van der Waals surface area contributed by atoms with Crippen molar-refractivity contribution < 1.29 is 9.53 Å². The fraction of sp³-hybridized carbons (Fsp3) is 0.250. The summed E-state index contributed by atoms with van der Waals surface area (Å²) < 4.78 is 7.27. The molecule has 2 aromatic carbocycles. The second-order valence-corrected chi connectivity index (χ2v) is 7.51. The van der Waals surface area contributed by atoms with Crippen molar-refractivity contribution in [3.05, 3.63) is 48.5 Å². The highest BCUT2D eigenvalue weighted by atomic mass is 32.2. The van der Waals surface area contributed by atoms with Gasteiger partial charge in [-0.15, -0.1) is 10.2 Å². The topological polar surface area (TPSA) is 95.1 Å². The Balaban J connectivity index is 1.65. The first-order valence-electron chi connectivity index (χ1n) is 8.93. The van der Waals surface area contributed by atoms with E-state index in [0.29, 0.717) is 23.3 Å². The molecule has 1 aromatic heterocycles. The maximum absolute atomic E-state index is 12.5. The first kappa shape index (κ1) is 19.8. The number of nitrogen functional groups attached to an aromatic ring is 1. The van der Waals surface area contributed by atoms with E-state index in [1.807, 2.05) is 74.0 Å². The van der Waals surface area contributed by atoms with Crippen LogP contribution in [0.4, 0.5) is 11.4 Å². The molecule has 0 aliphatic heterocycles. The van der Waals surface area contributed by atoms with Crippen LogP contribution in [0.2, 0.25) is 0 Å². The molecule has 8 heteroatoms. The van der Waals surface area contributed by atoms with Crippen LogP contribution in [-0.2, 0) is 11.8 Å². The van der Waals surface area contributed by atoms with Crippen molar-refractivity contribution >= 4 is 29.0 Å². The Hall–Kier alpha value is -3.00. The van der Waals surface area contributed by atoms with E-state index >= 15 is 0 Å². The lowest BCUT2D eigenvalue weighted by Crippen LogP contribution is -2.22. The molecule has 0 unspecified atom stereocenters. The van der Waals surface area contributed by atoms with E-state index in [2.05, 4.69) is 15.5 Å². The normalized spacial score (nSPS) is 11.8. The molecule has 3 aromatic rings. The second kappa shape index (κ2) is 8.79. The highest BCUT2D eigenvalue weighted by Crippen LogP contribution is 2.27. The monoisotopic (exact) mass is 397 g/mol. The van der Waals surface area contributed by atoms with Crippen LogP contribution in [0.3, 0.4) is 0 Å². The van der Waals surface area contributed by atoms with Crippen molar-refractivity contribution in [2.75, 3.05) is 17.7 Å². The second-order valence-electron chi connectivity index (χ2n) is 6.20. The largest absolute Gasteiger partial charge is 0.494 e. The summed E-state index contributed by atoms with van der Waals surface area (Å²) in [6.45, 7) is 4.37. The molecular weight excluding hydrogens is 374 g/mol. The van der Waals surface area contributed by atoms with Gasteiger partial charge in [0.2, 0.25) is 5.91 Å². The third kappa shape index (κ3) is 4.64. The number of nitrogens with two attached hydrogens (primary N) is 1. The van der Waals surface area contributed by atoms with Gasteiger partial charge in [0.05, 0.1) is 11.9 Å². The fourth-order valence-electron chi connectivity index (χ4n) is 2.60. The maximum Gasteiger partial charge on any atom is 0.237 e. The van der Waals surface area contributed by atoms with Gasteiger partial charge in [-0.1, -0.05) is 23.9 Å². The lowest BCUT2D eigenvalue weighted by molar-refractivity contribution is -0.115. The van der Waals surface area contributed by atoms with Gasteiger partial charge in [0, 0.05) is 24.0 Å². The lowest BCUT2D eigenvalue weighted by Gasteiger charge is -2.12. The summed E-state index contributed by atoms with van der Waals surface area (Å²) in [4.78, 5) is 12.5. The molecule has 28 heavy (non-hydrogen) atoms. The highest BCUT2D eigenvalue weighted by molar-refractivity contribution is 8.00. The standard InChI is InChI=1S/C20H23N5O2S/c1-4-27-17-10-8-16(9-11-17)22-19(26)13(2)28-20-24-23-18(25(20)3)14-6-5-7-15(21)12-14/h5-13H,4,21H2,1-3H3,(H,22,26)/t13-/m1/s1. The Morgan fingerprint density at radius 2 is 2.00 bits per heavy atom. The minimum Gasteiger partial charge on any atom is -0.494 e. The molecule has 0 spiro atoms. The third-order valence-corrected chi connectivity index (χ3v) is 5.20. The van der Waals surface area contributed by atoms with E-state index in [9.17, 15) is 4.79 Å². The number of anilines is 2. The number of carbonyl (C=O) groups is 1. The minimum atomic E-state index is -0.344. The number of rotatable bonds is 7. The van der Waals surface area contributed by atoms with Crippen LogP contribution in [0.1, 0.15) is 13.8 Å². The van der Waals surface area contributed by atoms with Crippen LogP contribution in [0.25, 0.3) is 11.4 Å². The predicted octanol–water partition coefficient (Wildman–Crippen LogP) is 3.58. The zero-order valence-corrected chi connectivity index (χ0v) is 16.9. The van der Waals surface area contributed by atoms with Gasteiger partial charge in [0.15, 0.2) is 11.0 Å². The molecule has 7 nitrogen and oxygen atoms in total. The smallest absolute Gasteiger partial charge is 0.237 e. The number of hydrogen-bond acceptors (Lipinski definition) is 6. The Labute approximate surface area is 168 Å². The van der Waals surface area contributed by atoms with Crippen LogP contribution in [0, 0.1) is 0 Å². The number of aromatic nitrogens is 3. The van der Waals surface area contributed by atoms with E-state index in [4.69, 9.17) is 10.5 Å². The average Bonchev–Trinajstić information content (AvgIpc) is 3.04. The lowest BCUT2D eigenvalue weighted by atomic mass is 10.2. The molecule has 0 aliphatic carbocycles. The van der Waals surface area contributed by atoms with E-state index in [1.54, 1.807) is 0 Å². The summed E-state index contributed by atoms with van der Waals surface area (Å²) in [6.07, 6.45) is 0. The maximum atomic E-state index is 12.5. The van der Waals surface area contributed by atoms with Crippen molar-refractivity contribution in [1.82, 2.24) is 14.8 Å². The molecule has 3 N–H and O–H groups in total. The molecule has 3 rings (SSSR count). The van der Waals surface area contributed by atoms with Gasteiger partial charge in [0.25, 0.3) is 0 Å². The van der Waals surface area contributed by atoms with Crippen LogP contribution in [-0.4, -0.2) is 32.5 Å². The first-order valence-corrected chi connectivity index (χ1v) is 9.81. The summed E-state index contributed by atoms with van der Waals surface area (Å²) >= 11 is 1.35. The molecule has 0 radical (unpaired) electrons. The molecular formula is C20H23N5O2S. The molecule has 0 bridgehead atoms. The number of thioether (sulfide) groups is 1. The van der Waals surface area contributed by atoms with Gasteiger partial charge in [-0.25, -0.2) is 0 Å². The Kier molecular flexibility index (Phi) is 6.20. The molecule has 1 heterocycles. The number of ether oxygens (including phenoxy) is 1. The van der Waals surface area contributed by atoms with E-state index in [0.717, 1.165) is 17.0 Å². The van der Waals surface area contributed by atoms with Crippen LogP contribution >= 0.6 is 11.8 Å². The molecule has 0 fully saturated rings. The summed E-state index contributed by atoms with van der Waals surface area (Å²) in [5, 5.41) is 11.7. The van der Waals surface area contributed by atoms with Gasteiger partial charge in [-0.05, 0) is 50.2 Å². The van der Waals surface area contributed by atoms with E-state index in [1.165, 1.54) is 11.8 Å². The molecule has 146 valence electrons. The van der Waals surface area contributed by atoms with E-state index < -0.39 is 0 Å².